The zero-order valence-corrected chi connectivity index (χ0v) is 12.1. The Labute approximate surface area is 115 Å². The van der Waals surface area contributed by atoms with E-state index in [1.165, 1.54) is 5.56 Å². The quantitative estimate of drug-likeness (QED) is 0.889. The van der Waals surface area contributed by atoms with Crippen LogP contribution in [0.3, 0.4) is 0 Å². The van der Waals surface area contributed by atoms with Crippen molar-refractivity contribution in [1.82, 2.24) is 9.80 Å². The molecule has 1 aromatic carbocycles. The van der Waals surface area contributed by atoms with Crippen LogP contribution in [-0.2, 0) is 0 Å². The molecule has 1 saturated heterocycles. The standard InChI is InChI=1S/C15H24N2O2/c1-12-10-13(4-5-15(12)19-3)14(11-18)17-8-6-16(2)7-9-17/h4-5,10,14,18H,6-9,11H2,1-3H3. The minimum atomic E-state index is 0.0957. The second-order valence-corrected chi connectivity index (χ2v) is 5.27. The average molecular weight is 264 g/mol. The zero-order chi connectivity index (χ0) is 13.8. The first-order chi connectivity index (χ1) is 9.15. The van der Waals surface area contributed by atoms with E-state index < -0.39 is 0 Å². The first kappa shape index (κ1) is 14.3. The maximum atomic E-state index is 9.73. The van der Waals surface area contributed by atoms with E-state index in [1.54, 1.807) is 7.11 Å². The van der Waals surface area contributed by atoms with Crippen LogP contribution in [0.1, 0.15) is 17.2 Å². The van der Waals surface area contributed by atoms with Crippen LogP contribution in [-0.4, -0.2) is 61.8 Å². The SMILES string of the molecule is COc1ccc(C(CO)N2CCN(C)CC2)cc1C. The molecule has 106 valence electrons. The highest BCUT2D eigenvalue weighted by Crippen LogP contribution is 2.26. The van der Waals surface area contributed by atoms with E-state index in [0.717, 1.165) is 37.5 Å². The van der Waals surface area contributed by atoms with E-state index >= 15 is 0 Å². The van der Waals surface area contributed by atoms with Crippen molar-refractivity contribution in [3.63, 3.8) is 0 Å². The minimum Gasteiger partial charge on any atom is -0.496 e. The Bertz CT molecular complexity index is 415. The second kappa shape index (κ2) is 6.37. The summed E-state index contributed by atoms with van der Waals surface area (Å²) < 4.78 is 5.29. The van der Waals surface area contributed by atoms with Gasteiger partial charge in [0.25, 0.3) is 0 Å². The number of aliphatic hydroxyl groups is 1. The lowest BCUT2D eigenvalue weighted by atomic mass is 10.0. The summed E-state index contributed by atoms with van der Waals surface area (Å²) in [5, 5.41) is 9.73. The third-order valence-electron chi connectivity index (χ3n) is 3.96. The van der Waals surface area contributed by atoms with Crippen molar-refractivity contribution in [2.24, 2.45) is 0 Å². The Balaban J connectivity index is 2.15. The van der Waals surface area contributed by atoms with E-state index in [2.05, 4.69) is 29.0 Å². The van der Waals surface area contributed by atoms with Crippen LogP contribution in [0.15, 0.2) is 18.2 Å². The van der Waals surface area contributed by atoms with Crippen LogP contribution >= 0.6 is 0 Å². The molecule has 1 unspecified atom stereocenters. The molecule has 1 atom stereocenters. The third-order valence-corrected chi connectivity index (χ3v) is 3.96. The van der Waals surface area contributed by atoms with Gasteiger partial charge in [0.15, 0.2) is 0 Å². The number of ether oxygens (including phenoxy) is 1. The minimum absolute atomic E-state index is 0.0957. The highest BCUT2D eigenvalue weighted by atomic mass is 16.5. The van der Waals surface area contributed by atoms with Crippen molar-refractivity contribution in [2.75, 3.05) is 46.9 Å². The first-order valence-electron chi connectivity index (χ1n) is 6.83. The molecule has 0 aliphatic carbocycles. The Kier molecular flexibility index (Phi) is 4.80. The Morgan fingerprint density at radius 1 is 1.26 bits per heavy atom. The number of likely N-dealkylation sites (N-methyl/N-ethyl adjacent to an activating group) is 1. The molecule has 4 heteroatoms. The number of benzene rings is 1. The highest BCUT2D eigenvalue weighted by molar-refractivity contribution is 5.37. The monoisotopic (exact) mass is 264 g/mol. The van der Waals surface area contributed by atoms with Gasteiger partial charge in [0.05, 0.1) is 19.8 Å². The fourth-order valence-electron chi connectivity index (χ4n) is 2.67. The van der Waals surface area contributed by atoms with Crippen LogP contribution in [0.2, 0.25) is 0 Å². The summed E-state index contributed by atoms with van der Waals surface area (Å²) in [7, 11) is 3.83. The van der Waals surface area contributed by atoms with Crippen molar-refractivity contribution in [3.8, 4) is 5.75 Å². The van der Waals surface area contributed by atoms with Gasteiger partial charge in [-0.1, -0.05) is 12.1 Å². The van der Waals surface area contributed by atoms with Gasteiger partial charge in [0, 0.05) is 26.2 Å². The van der Waals surface area contributed by atoms with Gasteiger partial charge in [-0.15, -0.1) is 0 Å². The summed E-state index contributed by atoms with van der Waals surface area (Å²) in [6, 6.07) is 6.27. The van der Waals surface area contributed by atoms with Gasteiger partial charge >= 0.3 is 0 Å². The molecule has 1 aromatic rings. The summed E-state index contributed by atoms with van der Waals surface area (Å²) in [6.45, 7) is 6.34. The molecular weight excluding hydrogens is 240 g/mol. The molecule has 1 fully saturated rings. The lowest BCUT2D eigenvalue weighted by Gasteiger charge is -2.37. The maximum absolute atomic E-state index is 9.73. The molecule has 0 aromatic heterocycles. The number of methoxy groups -OCH3 is 1. The lowest BCUT2D eigenvalue weighted by Crippen LogP contribution is -2.46. The number of aliphatic hydroxyl groups excluding tert-OH is 1. The van der Waals surface area contributed by atoms with Crippen LogP contribution in [0, 0.1) is 6.92 Å². The van der Waals surface area contributed by atoms with Gasteiger partial charge in [-0.05, 0) is 31.2 Å². The Morgan fingerprint density at radius 3 is 2.47 bits per heavy atom. The van der Waals surface area contributed by atoms with E-state index in [4.69, 9.17) is 4.74 Å². The number of hydrogen-bond donors (Lipinski definition) is 1. The molecule has 0 amide bonds. The number of piperazine rings is 1. The maximum Gasteiger partial charge on any atom is 0.121 e. The average Bonchev–Trinajstić information content (AvgIpc) is 2.42. The molecular formula is C15H24N2O2. The molecule has 1 heterocycles. The summed E-state index contributed by atoms with van der Waals surface area (Å²) >= 11 is 0. The lowest BCUT2D eigenvalue weighted by molar-refractivity contribution is 0.0747. The fourth-order valence-corrected chi connectivity index (χ4v) is 2.67. The topological polar surface area (TPSA) is 35.9 Å². The van der Waals surface area contributed by atoms with Gasteiger partial charge in [-0.3, -0.25) is 4.90 Å². The van der Waals surface area contributed by atoms with Gasteiger partial charge in [-0.25, -0.2) is 0 Å². The van der Waals surface area contributed by atoms with Crippen molar-refractivity contribution >= 4 is 0 Å². The van der Waals surface area contributed by atoms with Crippen LogP contribution in [0.25, 0.3) is 0 Å². The van der Waals surface area contributed by atoms with Crippen molar-refractivity contribution in [1.29, 1.82) is 0 Å². The fraction of sp³-hybridized carbons (Fsp3) is 0.600. The molecule has 4 nitrogen and oxygen atoms in total. The second-order valence-electron chi connectivity index (χ2n) is 5.27. The number of nitrogens with zero attached hydrogens (tertiary/aromatic N) is 2. The van der Waals surface area contributed by atoms with Gasteiger partial charge in [0.1, 0.15) is 5.75 Å². The van der Waals surface area contributed by atoms with Crippen LogP contribution in [0.5, 0.6) is 5.75 Å². The van der Waals surface area contributed by atoms with E-state index in [-0.39, 0.29) is 12.6 Å². The molecule has 1 aliphatic rings. The van der Waals surface area contributed by atoms with Gasteiger partial charge in [0.2, 0.25) is 0 Å². The summed E-state index contributed by atoms with van der Waals surface area (Å²) in [5.74, 6) is 0.902. The Morgan fingerprint density at radius 2 is 1.95 bits per heavy atom. The van der Waals surface area contributed by atoms with E-state index in [1.807, 2.05) is 13.0 Å². The third kappa shape index (κ3) is 3.26. The van der Waals surface area contributed by atoms with Crippen molar-refractivity contribution < 1.29 is 9.84 Å². The predicted octanol–water partition coefficient (Wildman–Crippen LogP) is 1.28. The predicted molar refractivity (Wildman–Crippen MR) is 76.6 cm³/mol. The largest absolute Gasteiger partial charge is 0.496 e. The Hall–Kier alpha value is -1.10. The van der Waals surface area contributed by atoms with Crippen molar-refractivity contribution in [2.45, 2.75) is 13.0 Å². The van der Waals surface area contributed by atoms with Crippen LogP contribution in [0.4, 0.5) is 0 Å². The molecule has 19 heavy (non-hydrogen) atoms. The van der Waals surface area contributed by atoms with Crippen LogP contribution < -0.4 is 4.74 Å². The van der Waals surface area contributed by atoms with Crippen molar-refractivity contribution in [3.05, 3.63) is 29.3 Å². The summed E-state index contributed by atoms with van der Waals surface area (Å²) in [6.07, 6.45) is 0. The smallest absolute Gasteiger partial charge is 0.121 e. The van der Waals surface area contributed by atoms with Gasteiger partial charge < -0.3 is 14.7 Å². The number of rotatable bonds is 4. The summed E-state index contributed by atoms with van der Waals surface area (Å²) in [5.41, 5.74) is 2.29. The molecule has 0 bridgehead atoms. The molecule has 1 aliphatic heterocycles. The van der Waals surface area contributed by atoms with E-state index in [9.17, 15) is 5.11 Å². The molecule has 0 saturated carbocycles. The van der Waals surface area contributed by atoms with Gasteiger partial charge in [-0.2, -0.15) is 0 Å². The first-order valence-corrected chi connectivity index (χ1v) is 6.83. The molecule has 1 N–H and O–H groups in total. The molecule has 0 spiro atoms. The highest BCUT2D eigenvalue weighted by Gasteiger charge is 2.23. The van der Waals surface area contributed by atoms with E-state index in [0.29, 0.717) is 0 Å². The summed E-state index contributed by atoms with van der Waals surface area (Å²) in [4.78, 5) is 4.69. The molecule has 2 rings (SSSR count). The zero-order valence-electron chi connectivity index (χ0n) is 12.1. The molecule has 0 radical (unpaired) electrons. The normalized spacial score (nSPS) is 19.4. The number of aryl methyl sites for hydroxylation is 1. The number of hydrogen-bond acceptors (Lipinski definition) is 4.